The van der Waals surface area contributed by atoms with Crippen molar-refractivity contribution >= 4 is 22.2 Å². The summed E-state index contributed by atoms with van der Waals surface area (Å²) in [5, 5.41) is 2.37. The lowest BCUT2D eigenvalue weighted by molar-refractivity contribution is -0.157. The van der Waals surface area contributed by atoms with Gasteiger partial charge in [0.25, 0.3) is 10.1 Å². The molecule has 136 valence electrons. The Balaban J connectivity index is 4.85. The number of amides is 1. The highest BCUT2D eigenvalue weighted by Crippen LogP contribution is 2.12. The van der Waals surface area contributed by atoms with E-state index < -0.39 is 39.4 Å². The summed E-state index contributed by atoms with van der Waals surface area (Å²) in [6.07, 6.45) is 0.0329. The number of alkyl carbamates (subject to hydrolysis) is 1. The van der Waals surface area contributed by atoms with Gasteiger partial charge in [-0.15, -0.1) is 0 Å². The van der Waals surface area contributed by atoms with E-state index in [9.17, 15) is 18.0 Å². The first-order valence-electron chi connectivity index (χ1n) is 7.16. The minimum Gasteiger partial charge on any atom is -0.458 e. The highest BCUT2D eigenvalue weighted by molar-refractivity contribution is 7.85. The third-order valence-electron chi connectivity index (χ3n) is 2.09. The van der Waals surface area contributed by atoms with E-state index in [2.05, 4.69) is 9.50 Å². The van der Waals surface area contributed by atoms with Crippen LogP contribution in [0.25, 0.3) is 0 Å². The van der Waals surface area contributed by atoms with Crippen LogP contribution in [0.5, 0.6) is 0 Å². The van der Waals surface area contributed by atoms with Gasteiger partial charge in [-0.2, -0.15) is 8.42 Å². The molecule has 9 heteroatoms. The van der Waals surface area contributed by atoms with Gasteiger partial charge in [-0.25, -0.2) is 9.59 Å². The second-order valence-electron chi connectivity index (χ2n) is 7.05. The van der Waals surface area contributed by atoms with Crippen molar-refractivity contribution in [2.75, 3.05) is 12.9 Å². The van der Waals surface area contributed by atoms with Crippen molar-refractivity contribution < 1.29 is 31.7 Å². The first-order valence-corrected chi connectivity index (χ1v) is 8.97. The standard InChI is InChI=1S/C14H27NO7S/c1-13(2,3)21-11(16)10(8-9-20-23(7,18)19)15-12(17)22-14(4,5)6/h10H,8-9H2,1-7H3,(H,15,17)/t10-/m0/s1. The Labute approximate surface area is 138 Å². The topological polar surface area (TPSA) is 108 Å². The van der Waals surface area contributed by atoms with Crippen molar-refractivity contribution in [2.45, 2.75) is 65.2 Å². The molecule has 0 rings (SSSR count). The van der Waals surface area contributed by atoms with Gasteiger partial charge in [0.2, 0.25) is 0 Å². The summed E-state index contributed by atoms with van der Waals surface area (Å²) in [7, 11) is -3.63. The van der Waals surface area contributed by atoms with Crippen molar-refractivity contribution in [3.8, 4) is 0 Å². The van der Waals surface area contributed by atoms with Crippen molar-refractivity contribution in [2.24, 2.45) is 0 Å². The number of esters is 1. The lowest BCUT2D eigenvalue weighted by Gasteiger charge is -2.26. The Hall–Kier alpha value is -1.35. The minimum absolute atomic E-state index is 0.0682. The van der Waals surface area contributed by atoms with Crippen LogP contribution in [0, 0.1) is 0 Å². The molecule has 0 aromatic carbocycles. The molecule has 0 saturated heterocycles. The first-order chi connectivity index (χ1) is 10.1. The van der Waals surface area contributed by atoms with E-state index in [4.69, 9.17) is 9.47 Å². The number of nitrogens with one attached hydrogen (secondary N) is 1. The molecule has 0 saturated carbocycles. The first kappa shape index (κ1) is 21.6. The lowest BCUT2D eigenvalue weighted by atomic mass is 10.1. The van der Waals surface area contributed by atoms with E-state index >= 15 is 0 Å². The van der Waals surface area contributed by atoms with Gasteiger partial charge in [0.1, 0.15) is 17.2 Å². The highest BCUT2D eigenvalue weighted by atomic mass is 32.2. The smallest absolute Gasteiger partial charge is 0.408 e. The largest absolute Gasteiger partial charge is 0.458 e. The van der Waals surface area contributed by atoms with Crippen LogP contribution in [-0.4, -0.2) is 50.6 Å². The van der Waals surface area contributed by atoms with E-state index in [1.807, 2.05) is 0 Å². The molecule has 1 N–H and O–H groups in total. The van der Waals surface area contributed by atoms with Crippen LogP contribution in [0.2, 0.25) is 0 Å². The summed E-state index contributed by atoms with van der Waals surface area (Å²) in [4.78, 5) is 23.9. The maximum Gasteiger partial charge on any atom is 0.408 e. The third-order valence-corrected chi connectivity index (χ3v) is 2.68. The van der Waals surface area contributed by atoms with Crippen LogP contribution in [0.1, 0.15) is 48.0 Å². The minimum atomic E-state index is -3.63. The van der Waals surface area contributed by atoms with E-state index in [1.165, 1.54) is 0 Å². The number of carbonyl (C=O) groups excluding carboxylic acids is 2. The van der Waals surface area contributed by atoms with E-state index in [0.717, 1.165) is 6.26 Å². The van der Waals surface area contributed by atoms with Crippen LogP contribution < -0.4 is 5.32 Å². The second-order valence-corrected chi connectivity index (χ2v) is 8.69. The molecule has 8 nitrogen and oxygen atoms in total. The molecule has 0 heterocycles. The molecule has 1 amide bonds. The second kappa shape index (κ2) is 7.96. The zero-order valence-electron chi connectivity index (χ0n) is 14.8. The Morgan fingerprint density at radius 3 is 1.87 bits per heavy atom. The maximum atomic E-state index is 12.1. The molecule has 0 bridgehead atoms. The van der Waals surface area contributed by atoms with Crippen LogP contribution >= 0.6 is 0 Å². The Morgan fingerprint density at radius 2 is 1.48 bits per heavy atom. The fourth-order valence-corrected chi connectivity index (χ4v) is 1.79. The van der Waals surface area contributed by atoms with Crippen LogP contribution in [0.4, 0.5) is 4.79 Å². The maximum absolute atomic E-state index is 12.1. The molecule has 0 aliphatic heterocycles. The number of hydrogen-bond donors (Lipinski definition) is 1. The quantitative estimate of drug-likeness (QED) is 0.570. The molecular weight excluding hydrogens is 326 g/mol. The normalized spacial score (nSPS) is 14.0. The molecule has 0 aromatic heterocycles. The summed E-state index contributed by atoms with van der Waals surface area (Å²) in [5.74, 6) is -0.694. The van der Waals surface area contributed by atoms with E-state index in [-0.39, 0.29) is 13.0 Å². The van der Waals surface area contributed by atoms with Crippen molar-refractivity contribution in [3.05, 3.63) is 0 Å². The fraction of sp³-hybridized carbons (Fsp3) is 0.857. The summed E-state index contributed by atoms with van der Waals surface area (Å²) < 4.78 is 36.8. The van der Waals surface area contributed by atoms with Crippen molar-refractivity contribution in [1.82, 2.24) is 5.32 Å². The van der Waals surface area contributed by atoms with Gasteiger partial charge in [0.15, 0.2) is 0 Å². The van der Waals surface area contributed by atoms with Crippen LogP contribution in [0.15, 0.2) is 0 Å². The lowest BCUT2D eigenvalue weighted by Crippen LogP contribution is -2.46. The molecule has 0 aliphatic rings. The van der Waals surface area contributed by atoms with E-state index in [0.29, 0.717) is 0 Å². The Bertz CT molecular complexity index is 514. The van der Waals surface area contributed by atoms with Gasteiger partial charge < -0.3 is 14.8 Å². The Morgan fingerprint density at radius 1 is 1.00 bits per heavy atom. The molecule has 0 spiro atoms. The number of rotatable bonds is 6. The monoisotopic (exact) mass is 353 g/mol. The summed E-state index contributed by atoms with van der Waals surface area (Å²) in [6.45, 7) is 9.83. The van der Waals surface area contributed by atoms with Gasteiger partial charge >= 0.3 is 12.1 Å². The van der Waals surface area contributed by atoms with Crippen LogP contribution in [0.3, 0.4) is 0 Å². The van der Waals surface area contributed by atoms with Gasteiger partial charge in [0, 0.05) is 6.42 Å². The molecule has 0 aromatic rings. The summed E-state index contributed by atoms with van der Waals surface area (Å²) in [6, 6.07) is -1.08. The summed E-state index contributed by atoms with van der Waals surface area (Å²) >= 11 is 0. The third kappa shape index (κ3) is 12.8. The zero-order valence-corrected chi connectivity index (χ0v) is 15.6. The van der Waals surface area contributed by atoms with E-state index in [1.54, 1.807) is 41.5 Å². The SMILES string of the molecule is CC(C)(C)OC(=O)N[C@@H](CCOS(C)(=O)=O)C(=O)OC(C)(C)C. The molecule has 0 aliphatic carbocycles. The molecule has 0 unspecified atom stereocenters. The Kier molecular flexibility index (Phi) is 7.49. The number of ether oxygens (including phenoxy) is 2. The van der Waals surface area contributed by atoms with Crippen molar-refractivity contribution in [1.29, 1.82) is 0 Å². The fourth-order valence-electron chi connectivity index (χ4n) is 1.39. The summed E-state index contributed by atoms with van der Waals surface area (Å²) in [5.41, 5.74) is -1.48. The highest BCUT2D eigenvalue weighted by Gasteiger charge is 2.28. The zero-order chi connectivity index (χ0) is 18.5. The number of carbonyl (C=O) groups is 2. The molecule has 1 atom stereocenters. The molecule has 0 fully saturated rings. The molecular formula is C14H27NO7S. The molecule has 23 heavy (non-hydrogen) atoms. The van der Waals surface area contributed by atoms with Crippen molar-refractivity contribution in [3.63, 3.8) is 0 Å². The van der Waals surface area contributed by atoms with Gasteiger partial charge in [-0.05, 0) is 41.5 Å². The van der Waals surface area contributed by atoms with Gasteiger partial charge in [-0.3, -0.25) is 4.18 Å². The predicted molar refractivity (Wildman–Crippen MR) is 84.4 cm³/mol. The number of hydrogen-bond acceptors (Lipinski definition) is 7. The predicted octanol–water partition coefficient (Wildman–Crippen LogP) is 1.59. The molecule has 0 radical (unpaired) electrons. The average molecular weight is 353 g/mol. The van der Waals surface area contributed by atoms with Gasteiger partial charge in [0.05, 0.1) is 12.9 Å². The van der Waals surface area contributed by atoms with Crippen LogP contribution in [-0.2, 0) is 28.6 Å². The average Bonchev–Trinajstić information content (AvgIpc) is 2.20. The van der Waals surface area contributed by atoms with Gasteiger partial charge in [-0.1, -0.05) is 0 Å².